The summed E-state index contributed by atoms with van der Waals surface area (Å²) in [7, 11) is 0. The predicted octanol–water partition coefficient (Wildman–Crippen LogP) is 1.67. The monoisotopic (exact) mass is 347 g/mol. The Hall–Kier alpha value is -2.32. The second-order valence-corrected chi connectivity index (χ2v) is 5.57. The molecule has 2 N–H and O–H groups in total. The Morgan fingerprint density at radius 2 is 1.92 bits per heavy atom. The van der Waals surface area contributed by atoms with E-state index in [1.165, 1.54) is 29.2 Å². The largest absolute Gasteiger partial charge is 0.406 e. The highest BCUT2D eigenvalue weighted by atomic mass is 19.4. The van der Waals surface area contributed by atoms with Crippen molar-refractivity contribution < 1.29 is 27.2 Å². The molecule has 0 radical (unpaired) electrons. The molecule has 1 saturated heterocycles. The molecule has 132 valence electrons. The highest BCUT2D eigenvalue weighted by Crippen LogP contribution is 2.27. The van der Waals surface area contributed by atoms with Crippen LogP contribution >= 0.6 is 0 Å². The van der Waals surface area contributed by atoms with E-state index in [4.69, 9.17) is 5.73 Å². The van der Waals surface area contributed by atoms with E-state index in [1.54, 1.807) is 0 Å². The van der Waals surface area contributed by atoms with E-state index in [1.807, 2.05) is 0 Å². The van der Waals surface area contributed by atoms with Gasteiger partial charge in [-0.25, -0.2) is 4.39 Å². The first-order valence-corrected chi connectivity index (χ1v) is 7.33. The SMILES string of the molecule is NC(=O)CCN(c1ccc(F)cc1)[C@@H]1CCN(CC(F)(F)F)C1=O. The number of nitrogens with two attached hydrogens (primary N) is 1. The lowest BCUT2D eigenvalue weighted by Crippen LogP contribution is -2.45. The summed E-state index contributed by atoms with van der Waals surface area (Å²) in [4.78, 5) is 25.6. The number of alkyl halides is 3. The Balaban J connectivity index is 2.19. The van der Waals surface area contributed by atoms with Gasteiger partial charge in [-0.15, -0.1) is 0 Å². The molecule has 0 aliphatic carbocycles. The highest BCUT2D eigenvalue weighted by molar-refractivity contribution is 5.87. The van der Waals surface area contributed by atoms with E-state index in [0.717, 1.165) is 4.90 Å². The van der Waals surface area contributed by atoms with Crippen LogP contribution in [0.2, 0.25) is 0 Å². The summed E-state index contributed by atoms with van der Waals surface area (Å²) in [6, 6.07) is 4.35. The van der Waals surface area contributed by atoms with Crippen LogP contribution in [0.25, 0.3) is 0 Å². The number of rotatable bonds is 6. The molecule has 2 amide bonds. The third-order valence-corrected chi connectivity index (χ3v) is 3.77. The second kappa shape index (κ2) is 7.06. The number of nitrogens with zero attached hydrogens (tertiary/aromatic N) is 2. The maximum Gasteiger partial charge on any atom is 0.406 e. The summed E-state index contributed by atoms with van der Waals surface area (Å²) in [6.45, 7) is -1.27. The van der Waals surface area contributed by atoms with Crippen molar-refractivity contribution in [2.24, 2.45) is 5.73 Å². The summed E-state index contributed by atoms with van der Waals surface area (Å²) >= 11 is 0. The van der Waals surface area contributed by atoms with E-state index in [0.29, 0.717) is 5.69 Å². The fourth-order valence-corrected chi connectivity index (χ4v) is 2.71. The molecule has 24 heavy (non-hydrogen) atoms. The first-order chi connectivity index (χ1) is 11.2. The van der Waals surface area contributed by atoms with Crippen molar-refractivity contribution in [1.29, 1.82) is 0 Å². The van der Waals surface area contributed by atoms with Crippen molar-refractivity contribution in [2.45, 2.75) is 25.1 Å². The smallest absolute Gasteiger partial charge is 0.370 e. The Bertz CT molecular complexity index is 604. The van der Waals surface area contributed by atoms with E-state index < -0.39 is 36.4 Å². The zero-order valence-electron chi connectivity index (χ0n) is 12.7. The van der Waals surface area contributed by atoms with Gasteiger partial charge in [0.05, 0.1) is 0 Å². The van der Waals surface area contributed by atoms with Gasteiger partial charge >= 0.3 is 6.18 Å². The quantitative estimate of drug-likeness (QED) is 0.796. The lowest BCUT2D eigenvalue weighted by atomic mass is 10.1. The van der Waals surface area contributed by atoms with Crippen molar-refractivity contribution >= 4 is 17.5 Å². The number of anilines is 1. The van der Waals surface area contributed by atoms with E-state index in [9.17, 15) is 27.2 Å². The molecule has 1 aliphatic heterocycles. The van der Waals surface area contributed by atoms with Gasteiger partial charge in [0.15, 0.2) is 0 Å². The Kier molecular flexibility index (Phi) is 5.30. The molecule has 2 rings (SSSR count). The highest BCUT2D eigenvalue weighted by Gasteiger charge is 2.41. The molecule has 0 aromatic heterocycles. The van der Waals surface area contributed by atoms with Crippen LogP contribution in [0.3, 0.4) is 0 Å². The van der Waals surface area contributed by atoms with Crippen LogP contribution in [0.4, 0.5) is 23.2 Å². The van der Waals surface area contributed by atoms with Gasteiger partial charge in [0, 0.05) is 25.2 Å². The van der Waals surface area contributed by atoms with Crippen LogP contribution in [-0.4, -0.2) is 48.6 Å². The third kappa shape index (κ3) is 4.59. The first kappa shape index (κ1) is 18.0. The normalized spacial score (nSPS) is 18.1. The Labute approximate surface area is 136 Å². The first-order valence-electron chi connectivity index (χ1n) is 7.33. The van der Waals surface area contributed by atoms with E-state index >= 15 is 0 Å². The molecule has 0 bridgehead atoms. The molecule has 1 aliphatic rings. The number of benzene rings is 1. The minimum Gasteiger partial charge on any atom is -0.370 e. The molecule has 5 nitrogen and oxygen atoms in total. The van der Waals surface area contributed by atoms with Crippen LogP contribution in [0.15, 0.2) is 24.3 Å². The molecule has 0 spiro atoms. The standard InChI is InChI=1S/C15H17F4N3O2/c16-10-1-3-11(4-2-10)22(8-6-13(20)23)12-5-7-21(14(12)24)9-15(17,18)19/h1-4,12H,5-9H2,(H2,20,23)/t12-/m1/s1. The molecule has 1 fully saturated rings. The van der Waals surface area contributed by atoms with Crippen LogP contribution in [0.5, 0.6) is 0 Å². The molecule has 0 saturated carbocycles. The predicted molar refractivity (Wildman–Crippen MR) is 78.6 cm³/mol. The summed E-state index contributed by atoms with van der Waals surface area (Å²) in [6.07, 6.45) is -4.36. The van der Waals surface area contributed by atoms with Gasteiger partial charge in [0.25, 0.3) is 0 Å². The average Bonchev–Trinajstić information content (AvgIpc) is 2.81. The number of likely N-dealkylation sites (tertiary alicyclic amines) is 1. The summed E-state index contributed by atoms with van der Waals surface area (Å²) in [5.74, 6) is -1.74. The second-order valence-electron chi connectivity index (χ2n) is 5.57. The van der Waals surface area contributed by atoms with Gasteiger partial charge in [0.2, 0.25) is 11.8 Å². The molecule has 9 heteroatoms. The van der Waals surface area contributed by atoms with Crippen molar-refractivity contribution in [2.75, 3.05) is 24.5 Å². The average molecular weight is 347 g/mol. The van der Waals surface area contributed by atoms with E-state index in [2.05, 4.69) is 0 Å². The molecular weight excluding hydrogens is 330 g/mol. The maximum absolute atomic E-state index is 13.1. The van der Waals surface area contributed by atoms with Gasteiger partial charge in [-0.2, -0.15) is 13.2 Å². The summed E-state index contributed by atoms with van der Waals surface area (Å²) < 4.78 is 50.6. The maximum atomic E-state index is 13.1. The minimum atomic E-state index is -4.47. The van der Waals surface area contributed by atoms with Gasteiger partial charge in [-0.05, 0) is 30.7 Å². The fraction of sp³-hybridized carbons (Fsp3) is 0.467. The third-order valence-electron chi connectivity index (χ3n) is 3.77. The molecule has 1 heterocycles. The molecule has 1 aromatic rings. The Morgan fingerprint density at radius 1 is 1.29 bits per heavy atom. The summed E-state index contributed by atoms with van der Waals surface area (Å²) in [5.41, 5.74) is 5.57. The number of hydrogen-bond acceptors (Lipinski definition) is 3. The minimum absolute atomic E-state index is 0.0305. The summed E-state index contributed by atoms with van der Waals surface area (Å²) in [5, 5.41) is 0. The van der Waals surface area contributed by atoms with Crippen molar-refractivity contribution in [1.82, 2.24) is 4.90 Å². The topological polar surface area (TPSA) is 66.6 Å². The number of halogens is 4. The van der Waals surface area contributed by atoms with Crippen LogP contribution in [0, 0.1) is 5.82 Å². The number of carbonyl (C=O) groups excluding carboxylic acids is 2. The molecule has 1 atom stereocenters. The molecular formula is C15H17F4N3O2. The number of hydrogen-bond donors (Lipinski definition) is 1. The number of primary amides is 1. The lowest BCUT2D eigenvalue weighted by molar-refractivity contribution is -0.157. The van der Waals surface area contributed by atoms with Crippen molar-refractivity contribution in [3.8, 4) is 0 Å². The van der Waals surface area contributed by atoms with Gasteiger partial charge < -0.3 is 15.5 Å². The molecule has 1 aromatic carbocycles. The van der Waals surface area contributed by atoms with E-state index in [-0.39, 0.29) is 25.9 Å². The fourth-order valence-electron chi connectivity index (χ4n) is 2.71. The van der Waals surface area contributed by atoms with Crippen LogP contribution < -0.4 is 10.6 Å². The molecule has 0 unspecified atom stereocenters. The van der Waals surface area contributed by atoms with Gasteiger partial charge in [-0.1, -0.05) is 0 Å². The Morgan fingerprint density at radius 3 is 2.46 bits per heavy atom. The number of carbonyl (C=O) groups is 2. The number of amides is 2. The van der Waals surface area contributed by atoms with Crippen LogP contribution in [0.1, 0.15) is 12.8 Å². The van der Waals surface area contributed by atoms with Crippen molar-refractivity contribution in [3.63, 3.8) is 0 Å². The zero-order chi connectivity index (χ0) is 17.9. The van der Waals surface area contributed by atoms with Gasteiger partial charge in [0.1, 0.15) is 18.4 Å². The lowest BCUT2D eigenvalue weighted by Gasteiger charge is -2.30. The van der Waals surface area contributed by atoms with Gasteiger partial charge in [-0.3, -0.25) is 9.59 Å². The van der Waals surface area contributed by atoms with Crippen molar-refractivity contribution in [3.05, 3.63) is 30.1 Å². The zero-order valence-corrected chi connectivity index (χ0v) is 12.7. The van der Waals surface area contributed by atoms with Crippen LogP contribution in [-0.2, 0) is 9.59 Å².